The Kier molecular flexibility index (Phi) is 13.0. The molecule has 62 heavy (non-hydrogen) atoms. The second-order valence-electron chi connectivity index (χ2n) is 14.3. The molecule has 0 bridgehead atoms. The minimum absolute atomic E-state index is 0.0118. The number of carbonyl (C=O) groups excluding carboxylic acids is 2. The Morgan fingerprint density at radius 1 is 0.694 bits per heavy atom. The van der Waals surface area contributed by atoms with E-state index in [1.807, 2.05) is 77.3 Å². The van der Waals surface area contributed by atoms with Crippen molar-refractivity contribution in [2.45, 2.75) is 33.0 Å². The van der Waals surface area contributed by atoms with Crippen molar-refractivity contribution in [1.82, 2.24) is 29.4 Å². The molecule has 4 aromatic carbocycles. The van der Waals surface area contributed by atoms with Gasteiger partial charge < -0.3 is 34.0 Å². The maximum absolute atomic E-state index is 13.2. The minimum Gasteiger partial charge on any atom is -0.489 e. The average molecular weight is 973 g/mol. The van der Waals surface area contributed by atoms with Crippen LogP contribution in [0.5, 0.6) is 11.5 Å². The van der Waals surface area contributed by atoms with Crippen LogP contribution >= 0.6 is 31.9 Å². The smallest absolute Gasteiger partial charge is 0.439 e. The zero-order valence-electron chi connectivity index (χ0n) is 34.2. The average Bonchev–Trinajstić information content (AvgIpc) is 4.02. The first-order valence-corrected chi connectivity index (χ1v) is 20.6. The van der Waals surface area contributed by atoms with E-state index in [0.717, 1.165) is 30.8 Å². The Balaban J connectivity index is 0.000000187. The number of benzene rings is 4. The maximum Gasteiger partial charge on any atom is 0.439 e. The van der Waals surface area contributed by atoms with E-state index < -0.39 is 11.5 Å². The molecule has 17 nitrogen and oxygen atoms in total. The van der Waals surface area contributed by atoms with E-state index in [0.29, 0.717) is 52.0 Å². The minimum atomic E-state index is -0.679. The van der Waals surface area contributed by atoms with Crippen LogP contribution in [0, 0.1) is 0 Å². The van der Waals surface area contributed by atoms with Crippen molar-refractivity contribution in [3.8, 4) is 34.3 Å². The quantitative estimate of drug-likeness (QED) is 0.0915. The number of ether oxygens (including phenoxy) is 3. The second kappa shape index (κ2) is 18.5. The van der Waals surface area contributed by atoms with Gasteiger partial charge >= 0.3 is 11.5 Å². The van der Waals surface area contributed by atoms with Crippen LogP contribution in [-0.2, 0) is 18.8 Å². The van der Waals surface area contributed by atoms with Crippen molar-refractivity contribution in [2.75, 3.05) is 24.4 Å². The molecule has 320 valence electrons. The molecule has 1 unspecified atom stereocenters. The molecule has 8 rings (SSSR count). The SMILES string of the molecule is CC(C)Oc1cccc2cc(C(=O)Nc3ccc(Br)cc3-c3noc(=O)[nH]3)n(C)c12.COCC(C)Oc1cccc2cc(C(=O)Nc3ccc(Br)cc3-c3noc(=O)[nH]3)n(C)c12. The molecule has 8 aromatic rings. The van der Waals surface area contributed by atoms with Gasteiger partial charge in [-0.15, -0.1) is 0 Å². The monoisotopic (exact) mass is 970 g/mol. The molecule has 4 heterocycles. The van der Waals surface area contributed by atoms with Gasteiger partial charge in [0.2, 0.25) is 0 Å². The first-order chi connectivity index (χ1) is 29.7. The second-order valence-corrected chi connectivity index (χ2v) is 16.1. The highest BCUT2D eigenvalue weighted by molar-refractivity contribution is 9.10. The fourth-order valence-corrected chi connectivity index (χ4v) is 7.55. The van der Waals surface area contributed by atoms with Crippen LogP contribution in [0.2, 0.25) is 0 Å². The summed E-state index contributed by atoms with van der Waals surface area (Å²) in [6.07, 6.45) is -0.134. The van der Waals surface area contributed by atoms with Crippen molar-refractivity contribution in [3.63, 3.8) is 0 Å². The van der Waals surface area contributed by atoms with Crippen LogP contribution in [-0.4, -0.2) is 67.2 Å². The lowest BCUT2D eigenvalue weighted by atomic mass is 10.1. The number of halogens is 2. The number of aromatic amines is 2. The van der Waals surface area contributed by atoms with Crippen LogP contribution in [0.4, 0.5) is 11.4 Å². The highest BCUT2D eigenvalue weighted by atomic mass is 79.9. The van der Waals surface area contributed by atoms with Gasteiger partial charge in [-0.05, 0) is 81.4 Å². The number of hydrogen-bond donors (Lipinski definition) is 4. The highest BCUT2D eigenvalue weighted by Crippen LogP contribution is 2.34. The molecule has 1 atom stereocenters. The number of rotatable bonds is 12. The van der Waals surface area contributed by atoms with Crippen LogP contribution in [0.25, 0.3) is 44.6 Å². The Hall–Kier alpha value is -6.70. The lowest BCUT2D eigenvalue weighted by Gasteiger charge is -2.15. The Morgan fingerprint density at radius 3 is 1.55 bits per heavy atom. The van der Waals surface area contributed by atoms with Crippen LogP contribution in [0.1, 0.15) is 41.7 Å². The predicted octanol–water partition coefficient (Wildman–Crippen LogP) is 8.27. The number of nitrogens with zero attached hydrogens (tertiary/aromatic N) is 4. The molecule has 0 fully saturated rings. The zero-order chi connectivity index (χ0) is 44.2. The summed E-state index contributed by atoms with van der Waals surface area (Å²) in [6, 6.07) is 25.5. The van der Waals surface area contributed by atoms with Gasteiger partial charge in [0.05, 0.1) is 35.1 Å². The lowest BCUT2D eigenvalue weighted by Crippen LogP contribution is -2.19. The highest BCUT2D eigenvalue weighted by Gasteiger charge is 2.22. The van der Waals surface area contributed by atoms with E-state index in [9.17, 15) is 19.2 Å². The first kappa shape index (κ1) is 43.4. The number of aromatic nitrogens is 6. The van der Waals surface area contributed by atoms with Crippen LogP contribution < -0.4 is 31.6 Å². The van der Waals surface area contributed by atoms with E-state index in [1.54, 1.807) is 58.7 Å². The van der Waals surface area contributed by atoms with Crippen molar-refractivity contribution in [1.29, 1.82) is 0 Å². The van der Waals surface area contributed by atoms with Gasteiger partial charge in [0, 0.05) is 52.0 Å². The molecular weight excluding hydrogens is 932 g/mol. The van der Waals surface area contributed by atoms with Crippen molar-refractivity contribution in [2.24, 2.45) is 14.1 Å². The fourth-order valence-electron chi connectivity index (χ4n) is 6.83. The molecule has 0 aliphatic heterocycles. The summed E-state index contributed by atoms with van der Waals surface area (Å²) in [4.78, 5) is 54.1. The number of para-hydroxylation sites is 2. The van der Waals surface area contributed by atoms with Gasteiger partial charge in [-0.1, -0.05) is 66.4 Å². The Bertz CT molecular complexity index is 3050. The standard InChI is InChI=1S/C22H21BrN4O5.C21H19BrN4O4/c1-12(11-30-3)31-18-6-4-5-13-9-17(27(2)19(13)18)21(28)24-16-8-7-14(23)10-15(16)20-25-22(29)32-26-20;1-11(2)29-17-6-4-5-12-9-16(26(3)18(12)17)20(27)23-15-8-7-13(22)10-14(15)19-24-21(28)30-25-19/h4-10,12H,11H2,1-3H3,(H,24,28)(H,25,26,29);4-11H,1-3H3,(H,23,27)(H,24,25,28). The molecule has 4 aromatic heterocycles. The zero-order valence-corrected chi connectivity index (χ0v) is 37.3. The van der Waals surface area contributed by atoms with E-state index in [4.69, 9.17) is 14.2 Å². The normalized spacial score (nSPS) is 11.7. The predicted molar refractivity (Wildman–Crippen MR) is 240 cm³/mol. The molecule has 0 radical (unpaired) electrons. The third-order valence-electron chi connectivity index (χ3n) is 9.45. The summed E-state index contributed by atoms with van der Waals surface area (Å²) in [5.41, 5.74) is 4.53. The number of carbonyl (C=O) groups is 2. The summed E-state index contributed by atoms with van der Waals surface area (Å²) in [5, 5.41) is 15.0. The number of fused-ring (bicyclic) bond motifs is 2. The van der Waals surface area contributed by atoms with E-state index in [1.165, 1.54) is 0 Å². The van der Waals surface area contributed by atoms with E-state index in [-0.39, 0.29) is 35.7 Å². The number of hydrogen-bond acceptors (Lipinski definition) is 11. The molecule has 19 heteroatoms. The van der Waals surface area contributed by atoms with Crippen LogP contribution in [0.3, 0.4) is 0 Å². The number of anilines is 2. The molecule has 0 saturated carbocycles. The van der Waals surface area contributed by atoms with E-state index in [2.05, 4.69) is 71.8 Å². The van der Waals surface area contributed by atoms with Crippen molar-refractivity contribution < 1.29 is 32.8 Å². The van der Waals surface area contributed by atoms with Gasteiger partial charge in [0.1, 0.15) is 29.0 Å². The van der Waals surface area contributed by atoms with Gasteiger partial charge in [-0.25, -0.2) is 9.59 Å². The molecule has 0 spiro atoms. The van der Waals surface area contributed by atoms with Crippen molar-refractivity contribution >= 4 is 76.9 Å². The number of aryl methyl sites for hydroxylation is 2. The fraction of sp³-hybridized carbons (Fsp3) is 0.209. The summed E-state index contributed by atoms with van der Waals surface area (Å²) < 4.78 is 31.4. The Labute approximate surface area is 369 Å². The number of nitrogens with one attached hydrogen (secondary N) is 4. The van der Waals surface area contributed by atoms with Crippen LogP contribution in [0.15, 0.2) is 113 Å². The van der Waals surface area contributed by atoms with E-state index >= 15 is 0 Å². The van der Waals surface area contributed by atoms with Gasteiger partial charge in [0.25, 0.3) is 11.8 Å². The van der Waals surface area contributed by atoms with Gasteiger partial charge in [-0.2, -0.15) is 0 Å². The van der Waals surface area contributed by atoms with Gasteiger partial charge in [0.15, 0.2) is 11.6 Å². The molecule has 0 saturated heterocycles. The lowest BCUT2D eigenvalue weighted by molar-refractivity contribution is 0.0928. The number of methoxy groups -OCH3 is 1. The molecule has 2 amide bonds. The Morgan fingerprint density at radius 2 is 1.15 bits per heavy atom. The summed E-state index contributed by atoms with van der Waals surface area (Å²) >= 11 is 6.79. The maximum atomic E-state index is 13.2. The van der Waals surface area contributed by atoms with Crippen molar-refractivity contribution in [3.05, 3.63) is 126 Å². The molecule has 0 aliphatic carbocycles. The topological polar surface area (TPSA) is 214 Å². The third kappa shape index (κ3) is 9.44. The first-order valence-electron chi connectivity index (χ1n) is 19.0. The molecule has 4 N–H and O–H groups in total. The summed E-state index contributed by atoms with van der Waals surface area (Å²) in [5.74, 6) is -0.165. The number of amides is 2. The molecular formula is C43H40Br2N8O9. The summed E-state index contributed by atoms with van der Waals surface area (Å²) in [6.45, 7) is 6.28. The number of H-pyrrole nitrogens is 2. The van der Waals surface area contributed by atoms with Gasteiger partial charge in [-0.3, -0.25) is 28.6 Å². The largest absolute Gasteiger partial charge is 0.489 e. The summed E-state index contributed by atoms with van der Waals surface area (Å²) in [7, 11) is 5.25. The molecule has 0 aliphatic rings. The third-order valence-corrected chi connectivity index (χ3v) is 10.4.